The summed E-state index contributed by atoms with van der Waals surface area (Å²) in [7, 11) is 0. The third-order valence-electron chi connectivity index (χ3n) is 11.8. The maximum absolute atomic E-state index is 6.44. The highest BCUT2D eigenvalue weighted by Crippen LogP contribution is 2.54. The van der Waals surface area contributed by atoms with E-state index in [9.17, 15) is 0 Å². The second kappa shape index (κ2) is 12.0. The minimum absolute atomic E-state index is 0.102. The highest BCUT2D eigenvalue weighted by Gasteiger charge is 2.38. The van der Waals surface area contributed by atoms with Crippen molar-refractivity contribution in [2.24, 2.45) is 0 Å². The summed E-state index contributed by atoms with van der Waals surface area (Å²) in [4.78, 5) is 0. The SMILES string of the molecule is C=C1/C=C\C=C(\c2ccc3c(c2)c2cc(-c4ccc5c(c4)-c4ccc6sc7ccccc7c6c4C5(C)C)ccc2n3-c2ccccc2)COc2ccccc21. The topological polar surface area (TPSA) is 14.2 Å². The Balaban J connectivity index is 1.07. The van der Waals surface area contributed by atoms with E-state index in [-0.39, 0.29) is 5.41 Å². The molecule has 1 aliphatic carbocycles. The largest absolute Gasteiger partial charge is 0.488 e. The molecule has 7 aromatic carbocycles. The average Bonchev–Trinajstić information content (AvgIpc) is 3.85. The number of allylic oxidation sites excluding steroid dienone is 4. The molecule has 0 saturated heterocycles. The van der Waals surface area contributed by atoms with E-state index in [1.54, 1.807) is 0 Å². The molecule has 0 amide bonds. The van der Waals surface area contributed by atoms with Gasteiger partial charge in [-0.05, 0) is 111 Å². The van der Waals surface area contributed by atoms with Gasteiger partial charge in [0.05, 0.1) is 11.0 Å². The third-order valence-corrected chi connectivity index (χ3v) is 13.0. The van der Waals surface area contributed by atoms with E-state index in [0.29, 0.717) is 6.61 Å². The summed E-state index contributed by atoms with van der Waals surface area (Å²) in [5.74, 6) is 0.852. The first-order valence-corrected chi connectivity index (χ1v) is 19.8. The van der Waals surface area contributed by atoms with E-state index < -0.39 is 0 Å². The lowest BCUT2D eigenvalue weighted by Gasteiger charge is -2.22. The average molecular weight is 724 g/mol. The Morgan fingerprint density at radius 1 is 0.618 bits per heavy atom. The minimum atomic E-state index is -0.102. The quantitative estimate of drug-likeness (QED) is 0.177. The van der Waals surface area contributed by atoms with Gasteiger partial charge in [0.25, 0.3) is 0 Å². The standard InChI is InChI=1S/C52H37NOS/c1-32-12-11-13-36(31-54-47-18-9-7-16-38(32)47)35-22-26-46-43(30-35)42-29-34(21-25-45(42)53(46)37-14-5-4-6-15-37)33-20-24-44-41(28-33)39-23-27-49-50(51(39)52(44,2)3)40-17-8-10-19-48(40)55-49/h4-30H,1,31H2,2-3H3/b12-11-,36-13+. The molecule has 0 fully saturated rings. The van der Waals surface area contributed by atoms with E-state index >= 15 is 0 Å². The Morgan fingerprint density at radius 3 is 2.18 bits per heavy atom. The molecule has 2 nitrogen and oxygen atoms in total. The smallest absolute Gasteiger partial charge is 0.127 e. The summed E-state index contributed by atoms with van der Waals surface area (Å²) in [6.45, 7) is 9.55. The number of hydrogen-bond donors (Lipinski definition) is 0. The van der Waals surface area contributed by atoms with E-state index in [4.69, 9.17) is 4.74 Å². The summed E-state index contributed by atoms with van der Waals surface area (Å²) in [6, 6.07) is 53.4. The van der Waals surface area contributed by atoms with Gasteiger partial charge in [-0.2, -0.15) is 0 Å². The van der Waals surface area contributed by atoms with Crippen LogP contribution in [0.4, 0.5) is 0 Å². The summed E-state index contributed by atoms with van der Waals surface area (Å²) in [6.07, 6.45) is 6.33. The van der Waals surface area contributed by atoms with Crippen molar-refractivity contribution in [2.75, 3.05) is 6.61 Å². The van der Waals surface area contributed by atoms with Gasteiger partial charge < -0.3 is 9.30 Å². The number of aromatic nitrogens is 1. The van der Waals surface area contributed by atoms with Crippen LogP contribution in [0, 0.1) is 0 Å². The molecule has 2 aromatic heterocycles. The zero-order chi connectivity index (χ0) is 36.8. The second-order valence-electron chi connectivity index (χ2n) is 15.3. The van der Waals surface area contributed by atoms with Crippen molar-refractivity contribution in [1.82, 2.24) is 4.57 Å². The third kappa shape index (κ3) is 4.86. The monoisotopic (exact) mass is 723 g/mol. The van der Waals surface area contributed by atoms with Crippen LogP contribution in [-0.4, -0.2) is 11.2 Å². The molecule has 55 heavy (non-hydrogen) atoms. The maximum atomic E-state index is 6.44. The zero-order valence-corrected chi connectivity index (χ0v) is 31.6. The Morgan fingerprint density at radius 2 is 1.33 bits per heavy atom. The minimum Gasteiger partial charge on any atom is -0.488 e. The normalized spacial score (nSPS) is 16.2. The van der Waals surface area contributed by atoms with Gasteiger partial charge in [0.1, 0.15) is 12.4 Å². The van der Waals surface area contributed by atoms with E-state index in [0.717, 1.165) is 33.7 Å². The molecule has 0 N–H and O–H groups in total. The molecule has 0 atom stereocenters. The molecule has 0 saturated carbocycles. The lowest BCUT2D eigenvalue weighted by molar-refractivity contribution is 0.369. The Bertz CT molecular complexity index is 3130. The first-order chi connectivity index (χ1) is 26.9. The molecule has 0 spiro atoms. The van der Waals surface area contributed by atoms with Crippen LogP contribution in [0.15, 0.2) is 170 Å². The van der Waals surface area contributed by atoms with Crippen LogP contribution in [0.2, 0.25) is 0 Å². The Hall–Kier alpha value is -6.42. The number of thiophene rings is 1. The van der Waals surface area contributed by atoms with Gasteiger partial charge in [-0.15, -0.1) is 11.3 Å². The molecular formula is C52H37NOS. The Kier molecular flexibility index (Phi) is 7.02. The van der Waals surface area contributed by atoms with Crippen LogP contribution in [0.25, 0.3) is 81.1 Å². The van der Waals surface area contributed by atoms with Crippen LogP contribution in [0.1, 0.15) is 36.1 Å². The molecular weight excluding hydrogens is 687 g/mol. The molecule has 2 aliphatic rings. The van der Waals surface area contributed by atoms with Gasteiger partial charge in [-0.25, -0.2) is 0 Å². The van der Waals surface area contributed by atoms with E-state index in [1.807, 2.05) is 29.5 Å². The lowest BCUT2D eigenvalue weighted by Crippen LogP contribution is -2.15. The predicted octanol–water partition coefficient (Wildman–Crippen LogP) is 14.2. The van der Waals surface area contributed by atoms with Gasteiger partial charge in [-0.1, -0.05) is 124 Å². The summed E-state index contributed by atoms with van der Waals surface area (Å²) >= 11 is 1.90. The summed E-state index contributed by atoms with van der Waals surface area (Å²) < 4.78 is 11.6. The molecule has 262 valence electrons. The Labute approximate surface area is 324 Å². The highest BCUT2D eigenvalue weighted by molar-refractivity contribution is 7.25. The number of nitrogens with zero attached hydrogens (tertiary/aromatic N) is 1. The van der Waals surface area contributed by atoms with Gasteiger partial charge in [-0.3, -0.25) is 0 Å². The second-order valence-corrected chi connectivity index (χ2v) is 16.4. The van der Waals surface area contributed by atoms with Gasteiger partial charge in [0, 0.05) is 47.6 Å². The number of benzene rings is 7. The van der Waals surface area contributed by atoms with Crippen molar-refractivity contribution in [3.63, 3.8) is 0 Å². The summed E-state index contributed by atoms with van der Waals surface area (Å²) in [5, 5.41) is 5.22. The summed E-state index contributed by atoms with van der Waals surface area (Å²) in [5.41, 5.74) is 15.6. The molecule has 0 unspecified atom stereocenters. The lowest BCUT2D eigenvalue weighted by atomic mass is 9.80. The molecule has 1 aliphatic heterocycles. The fraction of sp³-hybridized carbons (Fsp3) is 0.0769. The molecule has 3 heterocycles. The van der Waals surface area contributed by atoms with Crippen LogP contribution in [-0.2, 0) is 5.41 Å². The van der Waals surface area contributed by atoms with Gasteiger partial charge in [0.15, 0.2) is 0 Å². The maximum Gasteiger partial charge on any atom is 0.127 e. The zero-order valence-electron chi connectivity index (χ0n) is 30.8. The molecule has 11 rings (SSSR count). The number of rotatable bonds is 3. The first-order valence-electron chi connectivity index (χ1n) is 19.0. The molecule has 0 radical (unpaired) electrons. The van der Waals surface area contributed by atoms with Crippen LogP contribution in [0.3, 0.4) is 0 Å². The fourth-order valence-corrected chi connectivity index (χ4v) is 10.3. The van der Waals surface area contributed by atoms with Crippen LogP contribution >= 0.6 is 11.3 Å². The number of ether oxygens (including phenoxy) is 1. The van der Waals surface area contributed by atoms with Crippen molar-refractivity contribution in [3.05, 3.63) is 193 Å². The first kappa shape index (κ1) is 32.0. The van der Waals surface area contributed by atoms with Crippen LogP contribution in [0.5, 0.6) is 5.75 Å². The molecule has 9 aromatic rings. The fourth-order valence-electron chi connectivity index (χ4n) is 9.19. The van der Waals surface area contributed by atoms with E-state index in [2.05, 4.69) is 171 Å². The van der Waals surface area contributed by atoms with Crippen molar-refractivity contribution in [3.8, 4) is 33.7 Å². The van der Waals surface area contributed by atoms with Crippen molar-refractivity contribution in [1.29, 1.82) is 0 Å². The predicted molar refractivity (Wildman–Crippen MR) is 235 cm³/mol. The highest BCUT2D eigenvalue weighted by atomic mass is 32.1. The molecule has 3 heteroatoms. The van der Waals surface area contributed by atoms with Crippen molar-refractivity contribution < 1.29 is 4.74 Å². The molecule has 0 bridgehead atoms. The van der Waals surface area contributed by atoms with Crippen molar-refractivity contribution in [2.45, 2.75) is 19.3 Å². The van der Waals surface area contributed by atoms with Crippen LogP contribution < -0.4 is 4.74 Å². The number of para-hydroxylation sites is 2. The van der Waals surface area contributed by atoms with E-state index in [1.165, 1.54) is 75.4 Å². The number of hydrogen-bond acceptors (Lipinski definition) is 2. The number of fused-ring (bicyclic) bond motifs is 11. The van der Waals surface area contributed by atoms with Crippen molar-refractivity contribution >= 4 is 64.5 Å². The van der Waals surface area contributed by atoms with Gasteiger partial charge in [0.2, 0.25) is 0 Å². The van der Waals surface area contributed by atoms with Gasteiger partial charge >= 0.3 is 0 Å².